The number of unbranched alkanes of at least 4 members (excludes halogenated alkanes) is 1. The molecule has 0 aromatic carbocycles. The Labute approximate surface area is 204 Å². The zero-order chi connectivity index (χ0) is 26.1. The third kappa shape index (κ3) is 13.9. The average molecular weight is 505 g/mol. The largest absolute Gasteiger partial charge is 0.480 e. The number of guanidine groups is 1. The highest BCUT2D eigenvalue weighted by Crippen LogP contribution is 2.07. The van der Waals surface area contributed by atoms with Gasteiger partial charge in [0.15, 0.2) is 5.96 Å². The summed E-state index contributed by atoms with van der Waals surface area (Å²) >= 11 is 1.47. The Morgan fingerprint density at radius 1 is 0.882 bits per heavy atom. The molecule has 0 aliphatic heterocycles. The molecule has 12 N–H and O–H groups in total. The zero-order valence-electron chi connectivity index (χ0n) is 19.9. The number of carbonyl (C=O) groups excluding carboxylic acids is 3. The van der Waals surface area contributed by atoms with Gasteiger partial charge < -0.3 is 44.0 Å². The number of hydrogen-bond donors (Lipinski definition) is 8. The fraction of sp³-hybridized carbons (Fsp3) is 0.750. The number of carbonyl (C=O) groups is 4. The molecule has 13 nitrogen and oxygen atoms in total. The highest BCUT2D eigenvalue weighted by atomic mass is 32.2. The van der Waals surface area contributed by atoms with Gasteiger partial charge in [-0.05, 0) is 64.0 Å². The summed E-state index contributed by atoms with van der Waals surface area (Å²) in [5.41, 5.74) is 21.7. The van der Waals surface area contributed by atoms with E-state index in [2.05, 4.69) is 20.9 Å². The van der Waals surface area contributed by atoms with Crippen molar-refractivity contribution in [1.29, 1.82) is 0 Å². The standard InChI is InChI=1S/C20H40N8O5S/c1-12(22)16(29)26-13(7-5-10-25-20(23)24)17(30)27-14(8-11-34-2)18(31)28-15(19(32)33)6-3-4-9-21/h12-15H,3-11,21-22H2,1-2H3,(H,26,29)(H,27,30)(H,28,31)(H,32,33)(H4,23,24,25). The van der Waals surface area contributed by atoms with Gasteiger partial charge in [0, 0.05) is 6.54 Å². The lowest BCUT2D eigenvalue weighted by Crippen LogP contribution is -2.57. The van der Waals surface area contributed by atoms with Gasteiger partial charge in [-0.15, -0.1) is 0 Å². The minimum absolute atomic E-state index is 0.0890. The van der Waals surface area contributed by atoms with Crippen molar-refractivity contribution in [3.8, 4) is 0 Å². The van der Waals surface area contributed by atoms with E-state index in [1.165, 1.54) is 18.7 Å². The molecule has 4 atom stereocenters. The Balaban J connectivity index is 5.38. The number of rotatable bonds is 18. The number of nitrogens with one attached hydrogen (secondary N) is 3. The number of amides is 3. The number of aliphatic carboxylic acids is 1. The van der Waals surface area contributed by atoms with Crippen molar-refractivity contribution in [2.75, 3.05) is 25.1 Å². The summed E-state index contributed by atoms with van der Waals surface area (Å²) in [6.45, 7) is 2.15. The van der Waals surface area contributed by atoms with Crippen LogP contribution < -0.4 is 38.9 Å². The molecule has 0 spiro atoms. The molecule has 0 rings (SSSR count). The fourth-order valence-electron chi connectivity index (χ4n) is 2.87. The van der Waals surface area contributed by atoms with Crippen LogP contribution in [0.2, 0.25) is 0 Å². The quantitative estimate of drug-likeness (QED) is 0.0569. The maximum atomic E-state index is 13.0. The normalized spacial score (nSPS) is 14.2. The molecule has 0 bridgehead atoms. The van der Waals surface area contributed by atoms with Crippen LogP contribution in [0.4, 0.5) is 0 Å². The SMILES string of the molecule is CSCCC(NC(=O)C(CCCN=C(N)N)NC(=O)C(C)N)C(=O)NC(CCCCN)C(=O)O. The van der Waals surface area contributed by atoms with Gasteiger partial charge in [0.1, 0.15) is 18.1 Å². The molecule has 0 saturated heterocycles. The molecule has 0 aliphatic rings. The van der Waals surface area contributed by atoms with Crippen molar-refractivity contribution in [3.05, 3.63) is 0 Å². The highest BCUT2D eigenvalue weighted by molar-refractivity contribution is 7.98. The van der Waals surface area contributed by atoms with E-state index in [9.17, 15) is 24.3 Å². The summed E-state index contributed by atoms with van der Waals surface area (Å²) in [7, 11) is 0. The molecule has 0 aliphatic carbocycles. The van der Waals surface area contributed by atoms with Crippen molar-refractivity contribution in [1.82, 2.24) is 16.0 Å². The van der Waals surface area contributed by atoms with Gasteiger partial charge in [0.05, 0.1) is 6.04 Å². The predicted molar refractivity (Wildman–Crippen MR) is 133 cm³/mol. The second kappa shape index (κ2) is 17.8. The van der Waals surface area contributed by atoms with E-state index >= 15 is 0 Å². The van der Waals surface area contributed by atoms with Gasteiger partial charge in [-0.2, -0.15) is 11.8 Å². The lowest BCUT2D eigenvalue weighted by molar-refractivity contribution is -0.142. The molecule has 0 saturated carbocycles. The maximum absolute atomic E-state index is 13.0. The zero-order valence-corrected chi connectivity index (χ0v) is 20.7. The third-order valence-corrected chi connectivity index (χ3v) is 5.44. The Morgan fingerprint density at radius 3 is 1.91 bits per heavy atom. The first kappa shape index (κ1) is 31.4. The number of nitrogens with two attached hydrogens (primary N) is 4. The first-order chi connectivity index (χ1) is 16.0. The van der Waals surface area contributed by atoms with Crippen LogP contribution in [0.3, 0.4) is 0 Å². The topological polar surface area (TPSA) is 241 Å². The smallest absolute Gasteiger partial charge is 0.326 e. The van der Waals surface area contributed by atoms with Crippen LogP contribution in [-0.4, -0.2) is 84.0 Å². The molecule has 34 heavy (non-hydrogen) atoms. The number of hydrogen-bond acceptors (Lipinski definition) is 8. The van der Waals surface area contributed by atoms with Crippen LogP contribution in [0.15, 0.2) is 4.99 Å². The van der Waals surface area contributed by atoms with E-state index in [0.29, 0.717) is 31.6 Å². The van der Waals surface area contributed by atoms with E-state index in [4.69, 9.17) is 22.9 Å². The Hall–Kier alpha value is -2.58. The third-order valence-electron chi connectivity index (χ3n) is 4.80. The van der Waals surface area contributed by atoms with Crippen LogP contribution in [0.1, 0.15) is 45.4 Å². The lowest BCUT2D eigenvalue weighted by atomic mass is 10.1. The maximum Gasteiger partial charge on any atom is 0.326 e. The average Bonchev–Trinajstić information content (AvgIpc) is 2.77. The summed E-state index contributed by atoms with van der Waals surface area (Å²) in [5.74, 6) is -2.44. The first-order valence-electron chi connectivity index (χ1n) is 11.2. The molecule has 0 fully saturated rings. The van der Waals surface area contributed by atoms with Gasteiger partial charge >= 0.3 is 5.97 Å². The van der Waals surface area contributed by atoms with Gasteiger partial charge in [-0.1, -0.05) is 0 Å². The van der Waals surface area contributed by atoms with E-state index < -0.39 is 47.9 Å². The minimum atomic E-state index is -1.16. The summed E-state index contributed by atoms with van der Waals surface area (Å²) in [6.07, 6.45) is 4.10. The number of thioether (sulfide) groups is 1. The van der Waals surface area contributed by atoms with E-state index in [1.807, 2.05) is 6.26 Å². The summed E-state index contributed by atoms with van der Waals surface area (Å²) in [4.78, 5) is 53.3. The van der Waals surface area contributed by atoms with E-state index in [1.54, 1.807) is 0 Å². The Bertz CT molecular complexity index is 688. The summed E-state index contributed by atoms with van der Waals surface area (Å²) in [5, 5.41) is 17.1. The molecule has 3 amide bonds. The van der Waals surface area contributed by atoms with Crippen LogP contribution in [0.5, 0.6) is 0 Å². The number of carboxylic acid groups (broad SMARTS) is 1. The van der Waals surface area contributed by atoms with Gasteiger partial charge in [0.2, 0.25) is 17.7 Å². The minimum Gasteiger partial charge on any atom is -0.480 e. The Kier molecular flexibility index (Phi) is 16.5. The number of carboxylic acids is 1. The van der Waals surface area contributed by atoms with E-state index in [0.717, 1.165) is 0 Å². The molecular formula is C20H40N8O5S. The molecular weight excluding hydrogens is 464 g/mol. The van der Waals surface area contributed by atoms with Gasteiger partial charge in [-0.25, -0.2) is 4.79 Å². The van der Waals surface area contributed by atoms with Crippen molar-refractivity contribution in [3.63, 3.8) is 0 Å². The molecule has 196 valence electrons. The van der Waals surface area contributed by atoms with Gasteiger partial charge in [-0.3, -0.25) is 19.4 Å². The van der Waals surface area contributed by atoms with Crippen LogP contribution in [0.25, 0.3) is 0 Å². The Morgan fingerprint density at radius 2 is 1.41 bits per heavy atom. The fourth-order valence-corrected chi connectivity index (χ4v) is 3.35. The van der Waals surface area contributed by atoms with Crippen LogP contribution >= 0.6 is 11.8 Å². The van der Waals surface area contributed by atoms with E-state index in [-0.39, 0.29) is 31.8 Å². The molecule has 0 aromatic rings. The molecule has 0 aromatic heterocycles. The van der Waals surface area contributed by atoms with Crippen molar-refractivity contribution in [2.24, 2.45) is 27.9 Å². The van der Waals surface area contributed by atoms with Crippen molar-refractivity contribution in [2.45, 2.75) is 69.6 Å². The molecule has 0 radical (unpaired) electrons. The van der Waals surface area contributed by atoms with Crippen LogP contribution in [0, 0.1) is 0 Å². The number of nitrogens with zero attached hydrogens (tertiary/aromatic N) is 1. The van der Waals surface area contributed by atoms with Crippen LogP contribution in [-0.2, 0) is 19.2 Å². The second-order valence-electron chi connectivity index (χ2n) is 7.83. The second-order valence-corrected chi connectivity index (χ2v) is 8.81. The predicted octanol–water partition coefficient (Wildman–Crippen LogP) is -2.19. The summed E-state index contributed by atoms with van der Waals surface area (Å²) in [6, 6.07) is -3.89. The van der Waals surface area contributed by atoms with Crippen molar-refractivity contribution >= 4 is 41.4 Å². The highest BCUT2D eigenvalue weighted by Gasteiger charge is 2.29. The summed E-state index contributed by atoms with van der Waals surface area (Å²) < 4.78 is 0. The number of aliphatic imine (C=N–C) groups is 1. The first-order valence-corrected chi connectivity index (χ1v) is 12.6. The molecule has 4 unspecified atom stereocenters. The molecule has 14 heteroatoms. The van der Waals surface area contributed by atoms with Crippen molar-refractivity contribution < 1.29 is 24.3 Å². The molecule has 0 heterocycles. The lowest BCUT2D eigenvalue weighted by Gasteiger charge is -2.25. The monoisotopic (exact) mass is 504 g/mol. The van der Waals surface area contributed by atoms with Gasteiger partial charge in [0.25, 0.3) is 0 Å².